The van der Waals surface area contributed by atoms with Gasteiger partial charge in [-0.15, -0.1) is 11.3 Å². The van der Waals surface area contributed by atoms with Gasteiger partial charge in [0.05, 0.1) is 25.2 Å². The normalized spacial score (nSPS) is 17.7. The van der Waals surface area contributed by atoms with Gasteiger partial charge in [-0.25, -0.2) is 9.97 Å². The van der Waals surface area contributed by atoms with Crippen molar-refractivity contribution in [1.82, 2.24) is 9.97 Å². The van der Waals surface area contributed by atoms with Crippen molar-refractivity contribution in [2.24, 2.45) is 0 Å². The number of nitrogens with zero attached hydrogens (tertiary/aromatic N) is 3. The monoisotopic (exact) mass is 371 g/mol. The Labute approximate surface area is 156 Å². The molecule has 0 radical (unpaired) electrons. The molecule has 0 spiro atoms. The van der Waals surface area contributed by atoms with Gasteiger partial charge in [-0.1, -0.05) is 0 Å². The molecule has 0 aromatic carbocycles. The summed E-state index contributed by atoms with van der Waals surface area (Å²) in [5.41, 5.74) is 3.92. The molecule has 2 aliphatic rings. The Bertz CT molecular complexity index is 965. The van der Waals surface area contributed by atoms with E-state index < -0.39 is 0 Å². The lowest BCUT2D eigenvalue weighted by Gasteiger charge is -2.31. The standard InChI is InChI=1S/C19H22N4O2S/c1-2-25-18-16-15(20-11-21-18)14-12-5-3-4-6-13(12)17(22-19(14)26-16)23-7-9-24-10-8-23/h11H,2-10H2,1H3/p+1. The van der Waals surface area contributed by atoms with Crippen molar-refractivity contribution in [3.8, 4) is 5.88 Å². The van der Waals surface area contributed by atoms with Gasteiger partial charge < -0.3 is 14.4 Å². The van der Waals surface area contributed by atoms with Gasteiger partial charge in [0.2, 0.25) is 5.52 Å². The molecule has 26 heavy (non-hydrogen) atoms. The van der Waals surface area contributed by atoms with E-state index in [1.165, 1.54) is 35.2 Å². The third-order valence-electron chi connectivity index (χ3n) is 5.31. The van der Waals surface area contributed by atoms with Gasteiger partial charge in [0.25, 0.3) is 6.33 Å². The topological polar surface area (TPSA) is 61.6 Å². The molecule has 0 saturated carbocycles. The molecule has 0 bridgehead atoms. The predicted octanol–water partition coefficient (Wildman–Crippen LogP) is 2.77. The summed E-state index contributed by atoms with van der Waals surface area (Å²) in [4.78, 5) is 16.4. The van der Waals surface area contributed by atoms with Crippen molar-refractivity contribution >= 4 is 37.6 Å². The zero-order valence-electron chi connectivity index (χ0n) is 15.0. The molecule has 5 rings (SSSR count). The summed E-state index contributed by atoms with van der Waals surface area (Å²) in [6.45, 7) is 6.05. The van der Waals surface area contributed by atoms with Gasteiger partial charge in [-0.05, 0) is 48.7 Å². The largest absolute Gasteiger partial charge is 0.461 e. The number of hydrogen-bond donors (Lipinski definition) is 0. The van der Waals surface area contributed by atoms with Crippen LogP contribution in [0.4, 0.5) is 5.82 Å². The number of nitrogens with one attached hydrogen (secondary N) is 1. The molecule has 3 aromatic rings. The van der Waals surface area contributed by atoms with Crippen LogP contribution in [-0.2, 0) is 17.6 Å². The molecular formula is C19H23N4O2S+. The Morgan fingerprint density at radius 2 is 2.04 bits per heavy atom. The first-order chi connectivity index (χ1) is 12.9. The van der Waals surface area contributed by atoms with Gasteiger partial charge >= 0.3 is 5.88 Å². The first-order valence-electron chi connectivity index (χ1n) is 9.47. The summed E-state index contributed by atoms with van der Waals surface area (Å²) in [5.74, 6) is 1.97. The van der Waals surface area contributed by atoms with E-state index in [1.807, 2.05) is 6.92 Å². The van der Waals surface area contributed by atoms with Crippen LogP contribution in [0.25, 0.3) is 20.4 Å². The second-order valence-corrected chi connectivity index (χ2v) is 7.82. The quantitative estimate of drug-likeness (QED) is 0.708. The van der Waals surface area contributed by atoms with E-state index in [9.17, 15) is 0 Å². The van der Waals surface area contributed by atoms with Gasteiger partial charge in [0.15, 0.2) is 4.70 Å². The number of morpholine rings is 1. The average molecular weight is 371 g/mol. The number of aryl methyl sites for hydroxylation is 1. The second-order valence-electron chi connectivity index (χ2n) is 6.82. The smallest absolute Gasteiger partial charge is 0.304 e. The maximum Gasteiger partial charge on any atom is 0.304 e. The minimum atomic E-state index is 0.633. The minimum absolute atomic E-state index is 0.633. The highest BCUT2D eigenvalue weighted by Gasteiger charge is 2.28. The third-order valence-corrected chi connectivity index (χ3v) is 6.38. The number of rotatable bonds is 3. The Balaban J connectivity index is 1.77. The zero-order valence-corrected chi connectivity index (χ0v) is 15.8. The van der Waals surface area contributed by atoms with Crippen molar-refractivity contribution in [1.29, 1.82) is 0 Å². The molecule has 0 unspecified atom stereocenters. The van der Waals surface area contributed by atoms with Crippen molar-refractivity contribution in [2.45, 2.75) is 32.6 Å². The van der Waals surface area contributed by atoms with Crippen LogP contribution in [0.15, 0.2) is 6.33 Å². The van der Waals surface area contributed by atoms with Crippen molar-refractivity contribution < 1.29 is 14.5 Å². The number of H-pyrrole nitrogens is 1. The van der Waals surface area contributed by atoms with E-state index >= 15 is 0 Å². The molecule has 3 aromatic heterocycles. The molecule has 1 N–H and O–H groups in total. The van der Waals surface area contributed by atoms with Crippen molar-refractivity contribution in [2.75, 3.05) is 37.8 Å². The number of ether oxygens (including phenoxy) is 2. The number of aromatic amines is 1. The second kappa shape index (κ2) is 6.63. The third kappa shape index (κ3) is 2.53. The summed E-state index contributed by atoms with van der Waals surface area (Å²) in [6, 6.07) is 0. The molecule has 6 nitrogen and oxygen atoms in total. The first kappa shape index (κ1) is 16.2. The molecule has 1 fully saturated rings. The van der Waals surface area contributed by atoms with E-state index in [-0.39, 0.29) is 0 Å². The highest BCUT2D eigenvalue weighted by molar-refractivity contribution is 7.25. The van der Waals surface area contributed by atoms with Crippen LogP contribution in [0.1, 0.15) is 30.9 Å². The van der Waals surface area contributed by atoms with Crippen LogP contribution >= 0.6 is 11.3 Å². The molecule has 0 atom stereocenters. The van der Waals surface area contributed by atoms with E-state index in [4.69, 9.17) is 14.5 Å². The molecule has 1 saturated heterocycles. The maximum atomic E-state index is 5.80. The molecule has 1 aliphatic carbocycles. The van der Waals surface area contributed by atoms with Gasteiger partial charge in [0.1, 0.15) is 10.6 Å². The van der Waals surface area contributed by atoms with Gasteiger partial charge in [-0.3, -0.25) is 0 Å². The first-order valence-corrected chi connectivity index (χ1v) is 10.3. The van der Waals surface area contributed by atoms with Crippen molar-refractivity contribution in [3.05, 3.63) is 17.5 Å². The lowest BCUT2D eigenvalue weighted by Crippen LogP contribution is -2.37. The number of anilines is 1. The Morgan fingerprint density at radius 3 is 2.85 bits per heavy atom. The van der Waals surface area contributed by atoms with Gasteiger partial charge in [-0.2, -0.15) is 0 Å². The van der Waals surface area contributed by atoms with Gasteiger partial charge in [0, 0.05) is 13.1 Å². The van der Waals surface area contributed by atoms with Crippen LogP contribution < -0.4 is 14.6 Å². The van der Waals surface area contributed by atoms with Crippen molar-refractivity contribution in [3.63, 3.8) is 0 Å². The summed E-state index contributed by atoms with van der Waals surface area (Å²) < 4.78 is 12.4. The van der Waals surface area contributed by atoms with Crippen LogP contribution in [0, 0.1) is 0 Å². The number of thiophene rings is 1. The number of aromatic nitrogens is 3. The van der Waals surface area contributed by atoms with Crippen LogP contribution in [0.5, 0.6) is 5.88 Å². The Kier molecular flexibility index (Phi) is 4.13. The summed E-state index contributed by atoms with van der Waals surface area (Å²) >= 11 is 1.69. The van der Waals surface area contributed by atoms with E-state index in [0.717, 1.165) is 60.1 Å². The Morgan fingerprint density at radius 1 is 1.23 bits per heavy atom. The molecule has 136 valence electrons. The van der Waals surface area contributed by atoms with Crippen LogP contribution in [0.2, 0.25) is 0 Å². The molecule has 1 aliphatic heterocycles. The SMILES string of the molecule is CCOc1[nH+]cnc2c1sc1nc(N3CCOCC3)c3c(c12)CCCC3. The van der Waals surface area contributed by atoms with Crippen LogP contribution in [0.3, 0.4) is 0 Å². The minimum Gasteiger partial charge on any atom is -0.461 e. The summed E-state index contributed by atoms with van der Waals surface area (Å²) in [6.07, 6.45) is 6.44. The lowest BCUT2D eigenvalue weighted by atomic mass is 9.90. The predicted molar refractivity (Wildman–Crippen MR) is 102 cm³/mol. The lowest BCUT2D eigenvalue weighted by molar-refractivity contribution is -0.396. The van der Waals surface area contributed by atoms with E-state index in [2.05, 4.69) is 14.9 Å². The number of fused-ring (bicyclic) bond motifs is 5. The molecule has 0 amide bonds. The Hall–Kier alpha value is -1.99. The van der Waals surface area contributed by atoms with E-state index in [0.29, 0.717) is 6.61 Å². The number of hydrogen-bond acceptors (Lipinski definition) is 6. The summed E-state index contributed by atoms with van der Waals surface area (Å²) in [7, 11) is 0. The molecule has 7 heteroatoms. The highest BCUT2D eigenvalue weighted by Crippen LogP contribution is 2.42. The fraction of sp³-hybridized carbons (Fsp3) is 0.526. The fourth-order valence-electron chi connectivity index (χ4n) is 4.14. The highest BCUT2D eigenvalue weighted by atomic mass is 32.1. The maximum absolute atomic E-state index is 5.80. The summed E-state index contributed by atoms with van der Waals surface area (Å²) in [5, 5.41) is 1.24. The van der Waals surface area contributed by atoms with Crippen LogP contribution in [-0.4, -0.2) is 42.9 Å². The average Bonchev–Trinajstić information content (AvgIpc) is 3.08. The fourth-order valence-corrected chi connectivity index (χ4v) is 5.25. The molecule has 4 heterocycles. The van der Waals surface area contributed by atoms with E-state index in [1.54, 1.807) is 17.7 Å². The molecular weight excluding hydrogens is 348 g/mol. The zero-order chi connectivity index (χ0) is 17.5. The number of pyridine rings is 1.